The molecule has 1 aromatic carbocycles. The van der Waals surface area contributed by atoms with Crippen LogP contribution in [0.15, 0.2) is 18.2 Å². The molecule has 0 spiro atoms. The topological polar surface area (TPSA) is 12.0 Å². The average Bonchev–Trinajstić information content (AvgIpc) is 3.00. The van der Waals surface area contributed by atoms with Gasteiger partial charge in [-0.25, -0.2) is 4.39 Å². The summed E-state index contributed by atoms with van der Waals surface area (Å²) in [6.07, 6.45) is 3.81. The zero-order valence-corrected chi connectivity index (χ0v) is 8.96. The average molecular weight is 205 g/mol. The van der Waals surface area contributed by atoms with Gasteiger partial charge < -0.3 is 5.32 Å². The van der Waals surface area contributed by atoms with Crippen molar-refractivity contribution in [3.63, 3.8) is 0 Å². The summed E-state index contributed by atoms with van der Waals surface area (Å²) in [7, 11) is 1.99. The number of fused-ring (bicyclic) bond motifs is 1. The second-order valence-electron chi connectivity index (χ2n) is 4.79. The normalized spacial score (nSPS) is 29.2. The van der Waals surface area contributed by atoms with Crippen molar-refractivity contribution >= 4 is 0 Å². The van der Waals surface area contributed by atoms with Gasteiger partial charge in [0.2, 0.25) is 0 Å². The van der Waals surface area contributed by atoms with Gasteiger partial charge in [-0.2, -0.15) is 0 Å². The van der Waals surface area contributed by atoms with Crippen molar-refractivity contribution < 1.29 is 4.39 Å². The van der Waals surface area contributed by atoms with Gasteiger partial charge in [0, 0.05) is 6.04 Å². The van der Waals surface area contributed by atoms with Gasteiger partial charge in [0.1, 0.15) is 5.82 Å². The first-order valence-corrected chi connectivity index (χ1v) is 5.76. The highest BCUT2D eigenvalue weighted by molar-refractivity contribution is 5.39. The lowest BCUT2D eigenvalue weighted by Crippen LogP contribution is -2.13. The molecule has 0 bridgehead atoms. The molecule has 15 heavy (non-hydrogen) atoms. The van der Waals surface area contributed by atoms with E-state index in [1.54, 1.807) is 12.1 Å². The highest BCUT2D eigenvalue weighted by Gasteiger charge is 2.39. The van der Waals surface area contributed by atoms with Crippen LogP contribution >= 0.6 is 0 Å². The Bertz CT molecular complexity index is 384. The number of rotatable bonds is 2. The van der Waals surface area contributed by atoms with Crippen molar-refractivity contribution in [3.8, 4) is 0 Å². The molecule has 2 aliphatic rings. The molecule has 1 saturated carbocycles. The van der Waals surface area contributed by atoms with E-state index in [4.69, 9.17) is 0 Å². The van der Waals surface area contributed by atoms with Crippen molar-refractivity contribution in [2.24, 2.45) is 5.92 Å². The smallest absolute Gasteiger partial charge is 0.123 e. The first-order chi connectivity index (χ1) is 7.29. The van der Waals surface area contributed by atoms with Gasteiger partial charge in [0.25, 0.3) is 0 Å². The number of nitrogens with one attached hydrogen (secondary N) is 1. The summed E-state index contributed by atoms with van der Waals surface area (Å²) in [6.45, 7) is 0. The molecule has 0 aromatic heterocycles. The van der Waals surface area contributed by atoms with Crippen LogP contribution in [0.5, 0.6) is 0 Å². The van der Waals surface area contributed by atoms with E-state index in [2.05, 4.69) is 5.32 Å². The van der Waals surface area contributed by atoms with Crippen LogP contribution in [0, 0.1) is 11.7 Å². The quantitative estimate of drug-likeness (QED) is 0.782. The summed E-state index contributed by atoms with van der Waals surface area (Å²) in [5, 5.41) is 3.33. The summed E-state index contributed by atoms with van der Waals surface area (Å²) in [4.78, 5) is 0. The molecule has 2 atom stereocenters. The summed E-state index contributed by atoms with van der Waals surface area (Å²) < 4.78 is 13.2. The van der Waals surface area contributed by atoms with E-state index in [1.165, 1.54) is 24.0 Å². The van der Waals surface area contributed by atoms with Crippen LogP contribution in [0.4, 0.5) is 4.39 Å². The third-order valence-corrected chi connectivity index (χ3v) is 3.85. The first-order valence-electron chi connectivity index (χ1n) is 5.76. The molecule has 3 rings (SSSR count). The Morgan fingerprint density at radius 2 is 2.07 bits per heavy atom. The standard InChI is InChI=1S/C13H16FN/c1-15-13-7-11(8-2-3-8)12-6-9(14)4-5-10(12)13/h4-6,8,11,13,15H,2-3,7H2,1H3. The minimum Gasteiger partial charge on any atom is -0.313 e. The molecule has 1 nitrogen and oxygen atoms in total. The lowest BCUT2D eigenvalue weighted by atomic mass is 9.96. The van der Waals surface area contributed by atoms with E-state index in [0.29, 0.717) is 12.0 Å². The summed E-state index contributed by atoms with van der Waals surface area (Å²) >= 11 is 0. The van der Waals surface area contributed by atoms with Gasteiger partial charge in [-0.05, 0) is 61.4 Å². The van der Waals surface area contributed by atoms with Gasteiger partial charge in [0.15, 0.2) is 0 Å². The van der Waals surface area contributed by atoms with Crippen molar-refractivity contribution in [1.29, 1.82) is 0 Å². The van der Waals surface area contributed by atoms with Crippen molar-refractivity contribution in [2.45, 2.75) is 31.2 Å². The Morgan fingerprint density at radius 3 is 2.73 bits per heavy atom. The molecule has 0 saturated heterocycles. The fraction of sp³-hybridized carbons (Fsp3) is 0.538. The second kappa shape index (κ2) is 3.31. The highest BCUT2D eigenvalue weighted by atomic mass is 19.1. The maximum Gasteiger partial charge on any atom is 0.123 e. The third-order valence-electron chi connectivity index (χ3n) is 3.85. The van der Waals surface area contributed by atoms with Gasteiger partial charge >= 0.3 is 0 Å². The minimum atomic E-state index is -0.0869. The van der Waals surface area contributed by atoms with Crippen LogP contribution in [0.1, 0.15) is 42.3 Å². The van der Waals surface area contributed by atoms with Crippen molar-refractivity contribution in [1.82, 2.24) is 5.32 Å². The number of benzene rings is 1. The Labute approximate surface area is 89.7 Å². The molecule has 2 heteroatoms. The number of hydrogen-bond donors (Lipinski definition) is 1. The molecule has 1 aromatic rings. The van der Waals surface area contributed by atoms with Crippen molar-refractivity contribution in [3.05, 3.63) is 35.1 Å². The van der Waals surface area contributed by atoms with Gasteiger partial charge in [0.05, 0.1) is 0 Å². The molecule has 2 aliphatic carbocycles. The van der Waals surface area contributed by atoms with Gasteiger partial charge in [-0.3, -0.25) is 0 Å². The molecular formula is C13H16FN. The molecule has 80 valence electrons. The van der Waals surface area contributed by atoms with Crippen molar-refractivity contribution in [2.75, 3.05) is 7.05 Å². The van der Waals surface area contributed by atoms with Crippen LogP contribution in [0.2, 0.25) is 0 Å². The van der Waals surface area contributed by atoms with Crippen LogP contribution in [-0.2, 0) is 0 Å². The van der Waals surface area contributed by atoms with Crippen LogP contribution < -0.4 is 5.32 Å². The monoisotopic (exact) mass is 205 g/mol. The minimum absolute atomic E-state index is 0.0869. The predicted molar refractivity (Wildman–Crippen MR) is 58.3 cm³/mol. The Balaban J connectivity index is 2.02. The summed E-state index contributed by atoms with van der Waals surface area (Å²) in [6, 6.07) is 5.72. The molecular weight excluding hydrogens is 189 g/mol. The Kier molecular flexibility index (Phi) is 2.06. The lowest BCUT2D eigenvalue weighted by Gasteiger charge is -2.09. The number of halogens is 1. The SMILES string of the molecule is CNC1CC(C2CC2)c2cc(F)ccc21. The number of hydrogen-bond acceptors (Lipinski definition) is 1. The zero-order valence-electron chi connectivity index (χ0n) is 8.96. The van der Waals surface area contributed by atoms with Crippen LogP contribution in [0.3, 0.4) is 0 Å². The maximum atomic E-state index is 13.2. The molecule has 0 radical (unpaired) electrons. The third kappa shape index (κ3) is 1.48. The molecule has 1 N–H and O–H groups in total. The first kappa shape index (κ1) is 9.34. The maximum absolute atomic E-state index is 13.2. The van der Waals surface area contributed by atoms with Gasteiger partial charge in [-0.1, -0.05) is 6.07 Å². The molecule has 1 fully saturated rings. The van der Waals surface area contributed by atoms with E-state index in [1.807, 2.05) is 13.1 Å². The predicted octanol–water partition coefficient (Wildman–Crippen LogP) is 2.98. The molecule has 0 heterocycles. The highest BCUT2D eigenvalue weighted by Crippen LogP contribution is 2.52. The zero-order chi connectivity index (χ0) is 10.4. The molecule has 0 amide bonds. The van der Waals surface area contributed by atoms with E-state index < -0.39 is 0 Å². The van der Waals surface area contributed by atoms with E-state index in [9.17, 15) is 4.39 Å². The van der Waals surface area contributed by atoms with E-state index >= 15 is 0 Å². The lowest BCUT2D eigenvalue weighted by molar-refractivity contribution is 0.501. The molecule has 2 unspecified atom stereocenters. The van der Waals surface area contributed by atoms with Crippen LogP contribution in [-0.4, -0.2) is 7.05 Å². The second-order valence-corrected chi connectivity index (χ2v) is 4.79. The summed E-state index contributed by atoms with van der Waals surface area (Å²) in [5.74, 6) is 1.34. The fourth-order valence-electron chi connectivity index (χ4n) is 2.91. The fourth-order valence-corrected chi connectivity index (χ4v) is 2.91. The van der Waals surface area contributed by atoms with E-state index in [0.717, 1.165) is 12.3 Å². The Morgan fingerprint density at radius 1 is 1.27 bits per heavy atom. The van der Waals surface area contributed by atoms with Crippen LogP contribution in [0.25, 0.3) is 0 Å². The largest absolute Gasteiger partial charge is 0.313 e. The summed E-state index contributed by atoms with van der Waals surface area (Å²) in [5.41, 5.74) is 2.58. The Hall–Kier alpha value is -0.890. The van der Waals surface area contributed by atoms with E-state index in [-0.39, 0.29) is 5.82 Å². The molecule has 0 aliphatic heterocycles. The van der Waals surface area contributed by atoms with Gasteiger partial charge in [-0.15, -0.1) is 0 Å².